The number of benzene rings is 2. The van der Waals surface area contributed by atoms with Gasteiger partial charge >= 0.3 is 0 Å². The summed E-state index contributed by atoms with van der Waals surface area (Å²) in [7, 11) is 0. The Balaban J connectivity index is 1.17. The normalized spacial score (nSPS) is 18.2. The minimum Gasteiger partial charge on any atom is -0.431 e. The van der Waals surface area contributed by atoms with Crippen molar-refractivity contribution in [1.82, 2.24) is 9.88 Å². The van der Waals surface area contributed by atoms with Crippen LogP contribution in [0.15, 0.2) is 58.2 Å². The summed E-state index contributed by atoms with van der Waals surface area (Å²) in [5, 5.41) is 3.62. The molecule has 5 rings (SSSR count). The third-order valence-corrected chi connectivity index (χ3v) is 7.35. The van der Waals surface area contributed by atoms with Gasteiger partial charge in [-0.1, -0.05) is 55.3 Å². The zero-order chi connectivity index (χ0) is 21.8. The van der Waals surface area contributed by atoms with Crippen molar-refractivity contribution in [1.29, 1.82) is 0 Å². The minimum atomic E-state index is -0.0504. The molecule has 1 aliphatic heterocycles. The Morgan fingerprint density at radius 2 is 1.75 bits per heavy atom. The Bertz CT molecular complexity index is 1020. The van der Waals surface area contributed by atoms with E-state index in [4.69, 9.17) is 4.42 Å². The van der Waals surface area contributed by atoms with E-state index in [1.165, 1.54) is 43.9 Å². The van der Waals surface area contributed by atoms with Gasteiger partial charge in [0.25, 0.3) is 5.22 Å². The molecule has 1 saturated carbocycles. The number of oxazole rings is 1. The molecule has 3 aromatic rings. The summed E-state index contributed by atoms with van der Waals surface area (Å²) in [6.07, 6.45) is 6.85. The third-order valence-electron chi connectivity index (χ3n) is 6.53. The highest BCUT2D eigenvalue weighted by Gasteiger charge is 2.26. The molecule has 6 nitrogen and oxygen atoms in total. The number of carbonyl (C=O) groups is 1. The van der Waals surface area contributed by atoms with Gasteiger partial charge in [-0.15, -0.1) is 0 Å². The monoisotopic (exact) mass is 450 g/mol. The van der Waals surface area contributed by atoms with Gasteiger partial charge in [0, 0.05) is 32.2 Å². The number of nitrogens with one attached hydrogen (secondary N) is 1. The van der Waals surface area contributed by atoms with Crippen LogP contribution >= 0.6 is 11.8 Å². The molecule has 2 aliphatic rings. The number of para-hydroxylation sites is 4. The molecule has 2 fully saturated rings. The van der Waals surface area contributed by atoms with E-state index in [9.17, 15) is 4.79 Å². The van der Waals surface area contributed by atoms with Gasteiger partial charge in [0.15, 0.2) is 5.58 Å². The number of aromatic nitrogens is 1. The minimum absolute atomic E-state index is 0.0504. The van der Waals surface area contributed by atoms with Gasteiger partial charge < -0.3 is 14.6 Å². The fourth-order valence-electron chi connectivity index (χ4n) is 4.86. The molecule has 0 spiro atoms. The number of piperazine rings is 1. The summed E-state index contributed by atoms with van der Waals surface area (Å²) in [5.74, 6) is 0.210. The maximum Gasteiger partial charge on any atom is 0.257 e. The Hall–Kier alpha value is -2.51. The highest BCUT2D eigenvalue weighted by molar-refractivity contribution is 7.99. The van der Waals surface area contributed by atoms with E-state index in [0.717, 1.165) is 54.7 Å². The van der Waals surface area contributed by atoms with Crippen molar-refractivity contribution in [3.8, 4) is 0 Å². The Kier molecular flexibility index (Phi) is 6.64. The number of hydrogen-bond donors (Lipinski definition) is 1. The second kappa shape index (κ2) is 9.96. The fourth-order valence-corrected chi connectivity index (χ4v) is 5.49. The maximum absolute atomic E-state index is 12.7. The van der Waals surface area contributed by atoms with E-state index in [2.05, 4.69) is 26.2 Å². The molecule has 0 bridgehead atoms. The lowest BCUT2D eigenvalue weighted by Crippen LogP contribution is -2.51. The van der Waals surface area contributed by atoms with Crippen LogP contribution in [0.2, 0.25) is 0 Å². The van der Waals surface area contributed by atoms with Crippen LogP contribution in [0, 0.1) is 0 Å². The van der Waals surface area contributed by atoms with Gasteiger partial charge in [-0.25, -0.2) is 4.98 Å². The lowest BCUT2D eigenvalue weighted by atomic mass is 9.94. The SMILES string of the molecule is O=C(CSc1nc2ccccc2o1)Nc1ccccc1N1CCN(C2CCCCC2)CC1. The zero-order valence-electron chi connectivity index (χ0n) is 18.3. The van der Waals surface area contributed by atoms with Crippen molar-refractivity contribution in [2.24, 2.45) is 0 Å². The van der Waals surface area contributed by atoms with Crippen molar-refractivity contribution >= 4 is 40.1 Å². The van der Waals surface area contributed by atoms with Crippen molar-refractivity contribution in [2.45, 2.75) is 43.4 Å². The molecule has 32 heavy (non-hydrogen) atoms. The maximum atomic E-state index is 12.7. The molecule has 2 aromatic carbocycles. The molecular weight excluding hydrogens is 420 g/mol. The predicted octanol–water partition coefficient (Wildman–Crippen LogP) is 5.01. The van der Waals surface area contributed by atoms with Crippen LogP contribution in [-0.2, 0) is 4.79 Å². The molecular formula is C25H30N4O2S. The van der Waals surface area contributed by atoms with E-state index < -0.39 is 0 Å². The molecule has 0 unspecified atom stereocenters. The van der Waals surface area contributed by atoms with Crippen LogP contribution in [0.3, 0.4) is 0 Å². The Morgan fingerprint density at radius 3 is 2.56 bits per heavy atom. The smallest absolute Gasteiger partial charge is 0.257 e. The summed E-state index contributed by atoms with van der Waals surface area (Å²) < 4.78 is 5.71. The molecule has 1 amide bonds. The van der Waals surface area contributed by atoms with Crippen LogP contribution < -0.4 is 10.2 Å². The Morgan fingerprint density at radius 1 is 1.00 bits per heavy atom. The first-order valence-electron chi connectivity index (χ1n) is 11.6. The van der Waals surface area contributed by atoms with Gasteiger partial charge in [0.05, 0.1) is 17.1 Å². The number of thioether (sulfide) groups is 1. The van der Waals surface area contributed by atoms with E-state index >= 15 is 0 Å². The number of fused-ring (bicyclic) bond motifs is 1. The van der Waals surface area contributed by atoms with E-state index in [0.29, 0.717) is 5.22 Å². The van der Waals surface area contributed by atoms with Crippen LogP contribution in [0.5, 0.6) is 0 Å². The van der Waals surface area contributed by atoms with Crippen LogP contribution in [-0.4, -0.2) is 53.8 Å². The number of nitrogens with zero attached hydrogens (tertiary/aromatic N) is 3. The average molecular weight is 451 g/mol. The molecule has 1 aromatic heterocycles. The number of rotatable bonds is 6. The first-order chi connectivity index (χ1) is 15.8. The quantitative estimate of drug-likeness (QED) is 0.533. The molecule has 1 N–H and O–H groups in total. The van der Waals surface area contributed by atoms with Crippen molar-refractivity contribution in [2.75, 3.05) is 42.1 Å². The van der Waals surface area contributed by atoms with Crippen molar-refractivity contribution in [3.05, 3.63) is 48.5 Å². The van der Waals surface area contributed by atoms with E-state index in [1.807, 2.05) is 42.5 Å². The second-order valence-electron chi connectivity index (χ2n) is 8.62. The predicted molar refractivity (Wildman–Crippen MR) is 130 cm³/mol. The molecule has 0 radical (unpaired) electrons. The summed E-state index contributed by atoms with van der Waals surface area (Å²) in [6, 6.07) is 16.5. The lowest BCUT2D eigenvalue weighted by molar-refractivity contribution is -0.113. The van der Waals surface area contributed by atoms with Gasteiger partial charge in [-0.3, -0.25) is 9.69 Å². The topological polar surface area (TPSA) is 61.6 Å². The molecule has 1 aliphatic carbocycles. The fraction of sp³-hybridized carbons (Fsp3) is 0.440. The highest BCUT2D eigenvalue weighted by atomic mass is 32.2. The van der Waals surface area contributed by atoms with Gasteiger partial charge in [-0.2, -0.15) is 0 Å². The van der Waals surface area contributed by atoms with Crippen molar-refractivity contribution in [3.63, 3.8) is 0 Å². The van der Waals surface area contributed by atoms with Crippen LogP contribution in [0.1, 0.15) is 32.1 Å². The molecule has 168 valence electrons. The zero-order valence-corrected chi connectivity index (χ0v) is 19.2. The molecule has 1 saturated heterocycles. The van der Waals surface area contributed by atoms with Gasteiger partial charge in [0.1, 0.15) is 5.52 Å². The van der Waals surface area contributed by atoms with Gasteiger partial charge in [0.2, 0.25) is 5.91 Å². The van der Waals surface area contributed by atoms with Crippen LogP contribution in [0.4, 0.5) is 11.4 Å². The number of anilines is 2. The summed E-state index contributed by atoms with van der Waals surface area (Å²) in [4.78, 5) is 22.2. The number of amides is 1. The Labute approximate surface area is 193 Å². The molecule has 7 heteroatoms. The largest absolute Gasteiger partial charge is 0.431 e. The van der Waals surface area contributed by atoms with Crippen LogP contribution in [0.25, 0.3) is 11.1 Å². The average Bonchev–Trinajstić information content (AvgIpc) is 3.27. The van der Waals surface area contributed by atoms with Gasteiger partial charge in [-0.05, 0) is 37.1 Å². The van der Waals surface area contributed by atoms with E-state index in [-0.39, 0.29) is 11.7 Å². The summed E-state index contributed by atoms with van der Waals surface area (Å²) in [5.41, 5.74) is 3.54. The first-order valence-corrected chi connectivity index (χ1v) is 12.6. The first kappa shape index (κ1) is 21.3. The highest BCUT2D eigenvalue weighted by Crippen LogP contribution is 2.29. The number of carbonyl (C=O) groups excluding carboxylic acids is 1. The second-order valence-corrected chi connectivity index (χ2v) is 9.54. The summed E-state index contributed by atoms with van der Waals surface area (Å²) >= 11 is 1.32. The number of hydrogen-bond acceptors (Lipinski definition) is 6. The van der Waals surface area contributed by atoms with E-state index in [1.54, 1.807) is 0 Å². The lowest BCUT2D eigenvalue weighted by Gasteiger charge is -2.42. The standard InChI is InChI=1S/C25H30N4O2S/c30-24(18-32-25-27-21-11-5-7-13-23(21)31-25)26-20-10-4-6-12-22(20)29-16-14-28(15-17-29)19-8-2-1-3-9-19/h4-7,10-13,19H,1-3,8-9,14-18H2,(H,26,30). The summed E-state index contributed by atoms with van der Waals surface area (Å²) in [6.45, 7) is 4.20. The molecule has 0 atom stereocenters. The van der Waals surface area contributed by atoms with Crippen molar-refractivity contribution < 1.29 is 9.21 Å². The molecule has 2 heterocycles. The third kappa shape index (κ3) is 4.94.